The Morgan fingerprint density at radius 2 is 1.43 bits per heavy atom. The highest BCUT2D eigenvalue weighted by molar-refractivity contribution is 6.05. The van der Waals surface area contributed by atoms with Crippen molar-refractivity contribution in [1.82, 2.24) is 0 Å². The Labute approximate surface area is 175 Å². The molecular weight excluding hydrogens is 386 g/mol. The van der Waals surface area contributed by atoms with Crippen molar-refractivity contribution in [3.05, 3.63) is 51.1 Å². The Kier molecular flexibility index (Phi) is 5.82. The molecule has 0 unspecified atom stereocenters. The number of ketones is 1. The van der Waals surface area contributed by atoms with Crippen LogP contribution in [0.5, 0.6) is 11.5 Å². The van der Waals surface area contributed by atoms with Crippen molar-refractivity contribution in [1.29, 1.82) is 0 Å². The Balaban J connectivity index is 1.75. The molecule has 1 aliphatic heterocycles. The van der Waals surface area contributed by atoms with Gasteiger partial charge in [0, 0.05) is 11.6 Å². The first-order valence-corrected chi connectivity index (χ1v) is 9.60. The van der Waals surface area contributed by atoms with Crippen LogP contribution in [0.15, 0.2) is 12.1 Å². The maximum Gasteiger partial charge on any atom is 0.339 e. The molecule has 7 heteroatoms. The van der Waals surface area contributed by atoms with Gasteiger partial charge in [0.15, 0.2) is 23.9 Å². The van der Waals surface area contributed by atoms with Crippen LogP contribution in [-0.4, -0.2) is 31.1 Å². The average molecular weight is 411 g/mol. The van der Waals surface area contributed by atoms with Crippen molar-refractivity contribution in [2.24, 2.45) is 0 Å². The number of fused-ring (bicyclic) bond motifs is 1. The quantitative estimate of drug-likeness (QED) is 0.592. The first-order chi connectivity index (χ1) is 14.1. The molecule has 0 saturated heterocycles. The van der Waals surface area contributed by atoms with Crippen LogP contribution in [0.25, 0.3) is 0 Å². The van der Waals surface area contributed by atoms with Gasteiger partial charge in [0.1, 0.15) is 0 Å². The summed E-state index contributed by atoms with van der Waals surface area (Å²) in [6.07, 6.45) is 0. The van der Waals surface area contributed by atoms with Gasteiger partial charge in [-0.25, -0.2) is 4.79 Å². The zero-order chi connectivity index (χ0) is 22.2. The summed E-state index contributed by atoms with van der Waals surface area (Å²) in [5.41, 5.74) is 5.93. The lowest BCUT2D eigenvalue weighted by Gasteiger charge is -2.17. The third-order valence-electron chi connectivity index (χ3n) is 5.70. The van der Waals surface area contributed by atoms with Crippen molar-refractivity contribution < 1.29 is 28.6 Å². The number of hydrogen-bond donors (Lipinski definition) is 1. The number of hydrogen-bond acceptors (Lipinski definition) is 6. The molecule has 0 saturated carbocycles. The number of amides is 1. The largest absolute Gasteiger partial charge is 0.454 e. The van der Waals surface area contributed by atoms with E-state index in [4.69, 9.17) is 14.2 Å². The molecule has 0 fully saturated rings. The van der Waals surface area contributed by atoms with Crippen molar-refractivity contribution >= 4 is 23.3 Å². The number of ether oxygens (including phenoxy) is 3. The summed E-state index contributed by atoms with van der Waals surface area (Å²) in [7, 11) is 0. The standard InChI is InChI=1S/C23H25NO6/c1-11-12(2)14(4)22(15(5)13(11)3)23(27)28-9-21(26)24-18-8-20-19(29-10-30-20)7-17(18)16(6)25/h7-8H,9-10H2,1-6H3,(H,24,26). The zero-order valence-corrected chi connectivity index (χ0v) is 18.0. The van der Waals surface area contributed by atoms with Gasteiger partial charge in [0.05, 0.1) is 11.3 Å². The van der Waals surface area contributed by atoms with E-state index in [1.165, 1.54) is 19.1 Å². The maximum atomic E-state index is 12.7. The maximum absolute atomic E-state index is 12.7. The van der Waals surface area contributed by atoms with Crippen molar-refractivity contribution in [2.45, 2.75) is 41.5 Å². The summed E-state index contributed by atoms with van der Waals surface area (Å²) >= 11 is 0. The number of benzene rings is 2. The molecule has 2 aromatic carbocycles. The van der Waals surface area contributed by atoms with Crippen LogP contribution in [0.3, 0.4) is 0 Å². The second-order valence-corrected chi connectivity index (χ2v) is 7.43. The van der Waals surface area contributed by atoms with E-state index in [-0.39, 0.29) is 23.8 Å². The van der Waals surface area contributed by atoms with Gasteiger partial charge in [-0.05, 0) is 75.4 Å². The Bertz CT molecular complexity index is 1040. The predicted octanol–water partition coefficient (Wildman–Crippen LogP) is 3.96. The molecule has 0 aliphatic carbocycles. The van der Waals surface area contributed by atoms with Crippen LogP contribution < -0.4 is 14.8 Å². The lowest BCUT2D eigenvalue weighted by Crippen LogP contribution is -2.23. The molecule has 1 amide bonds. The van der Waals surface area contributed by atoms with Crippen molar-refractivity contribution in [3.63, 3.8) is 0 Å². The summed E-state index contributed by atoms with van der Waals surface area (Å²) in [6.45, 7) is 10.7. The molecule has 30 heavy (non-hydrogen) atoms. The average Bonchev–Trinajstić information content (AvgIpc) is 3.16. The number of esters is 1. The van der Waals surface area contributed by atoms with Gasteiger partial charge in [-0.3, -0.25) is 9.59 Å². The lowest BCUT2D eigenvalue weighted by molar-refractivity contribution is -0.119. The fourth-order valence-corrected chi connectivity index (χ4v) is 3.53. The Morgan fingerprint density at radius 3 is 2.00 bits per heavy atom. The molecule has 0 bridgehead atoms. The number of rotatable bonds is 5. The monoisotopic (exact) mass is 411 g/mol. The molecule has 0 radical (unpaired) electrons. The van der Waals surface area contributed by atoms with E-state index in [2.05, 4.69) is 5.32 Å². The highest BCUT2D eigenvalue weighted by Crippen LogP contribution is 2.37. The SMILES string of the molecule is CC(=O)c1cc2c(cc1NC(=O)COC(=O)c1c(C)c(C)c(C)c(C)c1C)OCO2. The first kappa shape index (κ1) is 21.4. The van der Waals surface area contributed by atoms with Crippen LogP contribution in [-0.2, 0) is 9.53 Å². The number of nitrogens with one attached hydrogen (secondary N) is 1. The first-order valence-electron chi connectivity index (χ1n) is 9.60. The summed E-state index contributed by atoms with van der Waals surface area (Å²) in [5, 5.41) is 2.62. The van der Waals surface area contributed by atoms with E-state index < -0.39 is 18.5 Å². The number of carbonyl (C=O) groups is 3. The predicted molar refractivity (Wildman–Crippen MR) is 112 cm³/mol. The molecule has 158 valence electrons. The normalized spacial score (nSPS) is 11.9. The molecule has 1 N–H and O–H groups in total. The van der Waals surface area contributed by atoms with Crippen molar-refractivity contribution in [2.75, 3.05) is 18.7 Å². The van der Waals surface area contributed by atoms with Crippen LogP contribution in [0.2, 0.25) is 0 Å². The fourth-order valence-electron chi connectivity index (χ4n) is 3.53. The fraction of sp³-hybridized carbons (Fsp3) is 0.348. The lowest BCUT2D eigenvalue weighted by atomic mass is 9.90. The van der Waals surface area contributed by atoms with E-state index in [0.29, 0.717) is 17.1 Å². The summed E-state index contributed by atoms with van der Waals surface area (Å²) in [4.78, 5) is 37.0. The van der Waals surface area contributed by atoms with Crippen LogP contribution >= 0.6 is 0 Å². The number of carbonyl (C=O) groups excluding carboxylic acids is 3. The summed E-state index contributed by atoms with van der Waals surface area (Å²) in [6, 6.07) is 3.05. The van der Waals surface area contributed by atoms with Crippen LogP contribution in [0, 0.1) is 34.6 Å². The summed E-state index contributed by atoms with van der Waals surface area (Å²) < 4.78 is 15.8. The van der Waals surface area contributed by atoms with E-state index in [9.17, 15) is 14.4 Å². The zero-order valence-electron chi connectivity index (χ0n) is 18.0. The van der Waals surface area contributed by atoms with Gasteiger partial charge in [-0.2, -0.15) is 0 Å². The molecule has 7 nitrogen and oxygen atoms in total. The van der Waals surface area contributed by atoms with E-state index in [1.807, 2.05) is 34.6 Å². The van der Waals surface area contributed by atoms with Crippen LogP contribution in [0.1, 0.15) is 55.5 Å². The van der Waals surface area contributed by atoms with Gasteiger partial charge < -0.3 is 19.5 Å². The molecule has 0 aromatic heterocycles. The molecule has 0 atom stereocenters. The number of anilines is 1. The minimum atomic E-state index is -0.555. The molecule has 1 aliphatic rings. The highest BCUT2D eigenvalue weighted by atomic mass is 16.7. The molecule has 3 rings (SSSR count). The third-order valence-corrected chi connectivity index (χ3v) is 5.70. The molecule has 1 heterocycles. The van der Waals surface area contributed by atoms with Crippen LogP contribution in [0.4, 0.5) is 5.69 Å². The van der Waals surface area contributed by atoms with E-state index in [0.717, 1.165) is 27.8 Å². The Hall–Kier alpha value is -3.35. The summed E-state index contributed by atoms with van der Waals surface area (Å²) in [5.74, 6) is -0.466. The number of Topliss-reactive ketones (excluding diaryl/α,β-unsaturated/α-hetero) is 1. The van der Waals surface area contributed by atoms with Gasteiger partial charge in [0.25, 0.3) is 5.91 Å². The molecule has 0 spiro atoms. The second kappa shape index (κ2) is 8.18. The van der Waals surface area contributed by atoms with Gasteiger partial charge >= 0.3 is 5.97 Å². The third kappa shape index (κ3) is 3.87. The minimum Gasteiger partial charge on any atom is -0.454 e. The molecular formula is C23H25NO6. The topological polar surface area (TPSA) is 90.9 Å². The second-order valence-electron chi connectivity index (χ2n) is 7.43. The van der Waals surface area contributed by atoms with Gasteiger partial charge in [-0.1, -0.05) is 0 Å². The van der Waals surface area contributed by atoms with Gasteiger partial charge in [0.2, 0.25) is 6.79 Å². The highest BCUT2D eigenvalue weighted by Gasteiger charge is 2.22. The van der Waals surface area contributed by atoms with E-state index >= 15 is 0 Å². The Morgan fingerprint density at radius 1 is 0.900 bits per heavy atom. The smallest absolute Gasteiger partial charge is 0.339 e. The minimum absolute atomic E-state index is 0.0514. The molecule has 2 aromatic rings. The van der Waals surface area contributed by atoms with Gasteiger partial charge in [-0.15, -0.1) is 0 Å². The van der Waals surface area contributed by atoms with Crippen molar-refractivity contribution in [3.8, 4) is 11.5 Å². The van der Waals surface area contributed by atoms with E-state index in [1.54, 1.807) is 0 Å².